The summed E-state index contributed by atoms with van der Waals surface area (Å²) < 4.78 is 35.8. The van der Waals surface area contributed by atoms with Crippen LogP contribution in [-0.4, -0.2) is 40.9 Å². The zero-order valence-electron chi connectivity index (χ0n) is 16.3. The second-order valence-electron chi connectivity index (χ2n) is 6.29. The molecule has 0 radical (unpaired) electrons. The molecular formula is C20H18F2N4O5. The van der Waals surface area contributed by atoms with Crippen LogP contribution < -0.4 is 14.8 Å². The maximum atomic E-state index is 12.5. The van der Waals surface area contributed by atoms with Crippen LogP contribution in [0.4, 0.5) is 14.5 Å². The van der Waals surface area contributed by atoms with E-state index < -0.39 is 17.4 Å². The van der Waals surface area contributed by atoms with Crippen molar-refractivity contribution < 1.29 is 28.0 Å². The van der Waals surface area contributed by atoms with Gasteiger partial charge in [-0.05, 0) is 36.2 Å². The number of methoxy groups -OCH3 is 1. The monoisotopic (exact) mass is 432 g/mol. The van der Waals surface area contributed by atoms with E-state index in [0.717, 1.165) is 0 Å². The summed E-state index contributed by atoms with van der Waals surface area (Å²) in [6, 6.07) is 12.0. The van der Waals surface area contributed by atoms with E-state index in [-0.39, 0.29) is 29.4 Å². The highest BCUT2D eigenvalue weighted by molar-refractivity contribution is 5.92. The molecule has 0 spiro atoms. The Kier molecular flexibility index (Phi) is 6.75. The molecule has 1 N–H and O–H groups in total. The molecule has 0 bridgehead atoms. The van der Waals surface area contributed by atoms with Crippen molar-refractivity contribution >= 4 is 11.6 Å². The molecule has 0 aliphatic heterocycles. The van der Waals surface area contributed by atoms with Crippen molar-refractivity contribution in [3.05, 3.63) is 76.1 Å². The van der Waals surface area contributed by atoms with Gasteiger partial charge in [0.25, 0.3) is 11.6 Å². The molecule has 0 aliphatic rings. The first-order valence-electron chi connectivity index (χ1n) is 9.08. The van der Waals surface area contributed by atoms with Crippen molar-refractivity contribution in [3.63, 3.8) is 0 Å². The van der Waals surface area contributed by atoms with E-state index in [1.165, 1.54) is 54.4 Å². The van der Waals surface area contributed by atoms with Crippen molar-refractivity contribution in [1.82, 2.24) is 15.1 Å². The average molecular weight is 432 g/mol. The molecule has 0 unspecified atom stereocenters. The molecule has 2 aromatic carbocycles. The summed E-state index contributed by atoms with van der Waals surface area (Å²) >= 11 is 0. The lowest BCUT2D eigenvalue weighted by molar-refractivity contribution is -0.384. The van der Waals surface area contributed by atoms with Crippen LogP contribution in [0.15, 0.2) is 54.7 Å². The maximum absolute atomic E-state index is 12.5. The third kappa shape index (κ3) is 5.53. The highest BCUT2D eigenvalue weighted by Gasteiger charge is 2.14. The smallest absolute Gasteiger partial charge is 0.387 e. The second-order valence-corrected chi connectivity index (χ2v) is 6.29. The number of amides is 1. The summed E-state index contributed by atoms with van der Waals surface area (Å²) in [6.45, 7) is -2.76. The van der Waals surface area contributed by atoms with Gasteiger partial charge in [-0.15, -0.1) is 0 Å². The molecule has 0 saturated carbocycles. The summed E-state index contributed by atoms with van der Waals surface area (Å²) in [5.74, 6) is -0.349. The van der Waals surface area contributed by atoms with Gasteiger partial charge in [0.05, 0.1) is 17.7 Å². The van der Waals surface area contributed by atoms with Crippen LogP contribution >= 0.6 is 0 Å². The summed E-state index contributed by atoms with van der Waals surface area (Å²) in [6.07, 6.45) is 1.88. The predicted octanol–water partition coefficient (Wildman–Crippen LogP) is 3.36. The largest absolute Gasteiger partial charge is 0.493 e. The van der Waals surface area contributed by atoms with Crippen LogP contribution in [0.25, 0.3) is 5.69 Å². The Morgan fingerprint density at radius 1 is 1.23 bits per heavy atom. The van der Waals surface area contributed by atoms with Crippen LogP contribution in [0.3, 0.4) is 0 Å². The van der Waals surface area contributed by atoms with Crippen LogP contribution in [-0.2, 0) is 6.42 Å². The van der Waals surface area contributed by atoms with Gasteiger partial charge in [0, 0.05) is 24.9 Å². The minimum atomic E-state index is -2.98. The molecule has 31 heavy (non-hydrogen) atoms. The van der Waals surface area contributed by atoms with Gasteiger partial charge in [0.2, 0.25) is 0 Å². The summed E-state index contributed by atoms with van der Waals surface area (Å²) in [5, 5.41) is 17.7. The fourth-order valence-corrected chi connectivity index (χ4v) is 2.81. The average Bonchev–Trinajstić information content (AvgIpc) is 3.24. The molecule has 0 atom stereocenters. The summed E-state index contributed by atoms with van der Waals surface area (Å²) in [7, 11) is 1.35. The van der Waals surface area contributed by atoms with Crippen LogP contribution in [0.2, 0.25) is 0 Å². The first kappa shape index (κ1) is 21.7. The van der Waals surface area contributed by atoms with Gasteiger partial charge >= 0.3 is 6.61 Å². The lowest BCUT2D eigenvalue weighted by Gasteiger charge is -2.11. The van der Waals surface area contributed by atoms with Gasteiger partial charge in [0.15, 0.2) is 17.2 Å². The van der Waals surface area contributed by atoms with Crippen molar-refractivity contribution in [3.8, 4) is 17.2 Å². The number of carbonyl (C=O) groups is 1. The van der Waals surface area contributed by atoms with Gasteiger partial charge in [-0.2, -0.15) is 13.9 Å². The lowest BCUT2D eigenvalue weighted by Crippen LogP contribution is -2.26. The highest BCUT2D eigenvalue weighted by Crippen LogP contribution is 2.29. The maximum Gasteiger partial charge on any atom is 0.387 e. The molecule has 0 aliphatic carbocycles. The number of nitrogens with one attached hydrogen (secondary N) is 1. The Labute approximate surface area is 175 Å². The van der Waals surface area contributed by atoms with Crippen molar-refractivity contribution in [2.45, 2.75) is 13.0 Å². The van der Waals surface area contributed by atoms with E-state index in [2.05, 4.69) is 15.2 Å². The first-order chi connectivity index (χ1) is 14.9. The van der Waals surface area contributed by atoms with Crippen molar-refractivity contribution in [2.75, 3.05) is 13.7 Å². The number of ether oxygens (including phenoxy) is 2. The first-order valence-corrected chi connectivity index (χ1v) is 9.08. The van der Waals surface area contributed by atoms with Crippen molar-refractivity contribution in [1.29, 1.82) is 0 Å². The minimum Gasteiger partial charge on any atom is -0.493 e. The number of rotatable bonds is 9. The minimum absolute atomic E-state index is 0.0861. The Bertz CT molecular complexity index is 1090. The van der Waals surface area contributed by atoms with Gasteiger partial charge in [0.1, 0.15) is 0 Å². The molecule has 11 heteroatoms. The third-order valence-electron chi connectivity index (χ3n) is 4.27. The van der Waals surface area contributed by atoms with E-state index in [4.69, 9.17) is 4.74 Å². The number of aromatic nitrogens is 2. The number of nitrogens with zero attached hydrogens (tertiary/aromatic N) is 3. The van der Waals surface area contributed by atoms with E-state index in [9.17, 15) is 23.7 Å². The Morgan fingerprint density at radius 3 is 2.74 bits per heavy atom. The van der Waals surface area contributed by atoms with Crippen LogP contribution in [0, 0.1) is 10.1 Å². The van der Waals surface area contributed by atoms with Gasteiger partial charge in [-0.3, -0.25) is 14.9 Å². The molecule has 9 nitrogen and oxygen atoms in total. The molecular weight excluding hydrogens is 414 g/mol. The van der Waals surface area contributed by atoms with E-state index in [1.807, 2.05) is 0 Å². The number of hydrogen-bond donors (Lipinski definition) is 1. The second kappa shape index (κ2) is 9.65. The number of carbonyl (C=O) groups excluding carboxylic acids is 1. The van der Waals surface area contributed by atoms with E-state index in [0.29, 0.717) is 17.7 Å². The third-order valence-corrected chi connectivity index (χ3v) is 4.27. The number of nitro benzene ring substituents is 1. The molecule has 3 aromatic rings. The van der Waals surface area contributed by atoms with E-state index >= 15 is 0 Å². The number of non-ortho nitro benzene ring substituents is 1. The topological polar surface area (TPSA) is 109 Å². The molecule has 0 saturated heterocycles. The quantitative estimate of drug-likeness (QED) is 0.410. The SMILES string of the molecule is COc1ccc(CCNC(=O)c2ccn(-c3cccc([N+](=O)[O-])c3)n2)cc1OC(F)F. The van der Waals surface area contributed by atoms with Crippen LogP contribution in [0.1, 0.15) is 16.1 Å². The lowest BCUT2D eigenvalue weighted by atomic mass is 10.1. The Hall–Kier alpha value is -4.02. The molecule has 1 amide bonds. The Morgan fingerprint density at radius 2 is 2.03 bits per heavy atom. The number of hydrogen-bond acceptors (Lipinski definition) is 6. The number of benzene rings is 2. The van der Waals surface area contributed by atoms with E-state index in [1.54, 1.807) is 12.1 Å². The summed E-state index contributed by atoms with van der Waals surface area (Å²) in [4.78, 5) is 22.7. The molecule has 162 valence electrons. The normalized spacial score (nSPS) is 10.7. The van der Waals surface area contributed by atoms with Gasteiger partial charge < -0.3 is 14.8 Å². The van der Waals surface area contributed by atoms with Crippen molar-refractivity contribution in [2.24, 2.45) is 0 Å². The van der Waals surface area contributed by atoms with Crippen LogP contribution in [0.5, 0.6) is 11.5 Å². The molecule has 0 fully saturated rings. The standard InChI is InChI=1S/C20H18F2N4O5/c1-30-17-6-5-13(11-18(17)31-20(21)22)7-9-23-19(27)16-8-10-25(24-16)14-3-2-4-15(12-14)26(28)29/h2-6,8,10-12,20H,7,9H2,1H3,(H,23,27). The number of alkyl halides is 2. The number of nitro groups is 1. The fraction of sp³-hybridized carbons (Fsp3) is 0.200. The molecule has 1 heterocycles. The highest BCUT2D eigenvalue weighted by atomic mass is 19.3. The summed E-state index contributed by atoms with van der Waals surface area (Å²) in [5.41, 5.74) is 1.15. The van der Waals surface area contributed by atoms with Gasteiger partial charge in [-0.1, -0.05) is 12.1 Å². The molecule has 1 aromatic heterocycles. The number of halogens is 2. The Balaban J connectivity index is 1.61. The zero-order chi connectivity index (χ0) is 22.4. The fourth-order valence-electron chi connectivity index (χ4n) is 2.81. The zero-order valence-corrected chi connectivity index (χ0v) is 16.3. The van der Waals surface area contributed by atoms with Gasteiger partial charge in [-0.25, -0.2) is 4.68 Å². The molecule has 3 rings (SSSR count). The predicted molar refractivity (Wildman–Crippen MR) is 106 cm³/mol.